The Bertz CT molecular complexity index is 659. The van der Waals surface area contributed by atoms with E-state index in [1.165, 1.54) is 96.3 Å². The molecule has 5 aliphatic rings. The van der Waals surface area contributed by atoms with Gasteiger partial charge in [0, 0.05) is 18.3 Å². The number of carbonyl (C=O) groups excluding carboxylic acids is 1. The van der Waals surface area contributed by atoms with E-state index in [0.29, 0.717) is 6.04 Å². The van der Waals surface area contributed by atoms with Crippen LogP contribution in [0.25, 0.3) is 0 Å². The van der Waals surface area contributed by atoms with Crippen LogP contribution >= 0.6 is 0 Å². The number of hydrogen-bond acceptors (Lipinski definition) is 3. The van der Waals surface area contributed by atoms with Gasteiger partial charge in [-0.2, -0.15) is 5.26 Å². The van der Waals surface area contributed by atoms with Crippen LogP contribution in [-0.4, -0.2) is 18.0 Å². The van der Waals surface area contributed by atoms with Crippen molar-refractivity contribution in [2.24, 2.45) is 23.2 Å². The highest BCUT2D eigenvalue weighted by molar-refractivity contribution is 5.97. The molecule has 4 bridgehead atoms. The summed E-state index contributed by atoms with van der Waals surface area (Å²) in [6, 6.07) is 2.71. The zero-order valence-corrected chi connectivity index (χ0v) is 20.3. The highest BCUT2D eigenvalue weighted by atomic mass is 16.1. The first-order chi connectivity index (χ1) is 15.6. The summed E-state index contributed by atoms with van der Waals surface area (Å²) in [5, 5.41) is 16.4. The summed E-state index contributed by atoms with van der Waals surface area (Å²) in [5.74, 6) is 2.43. The van der Waals surface area contributed by atoms with Crippen molar-refractivity contribution in [3.8, 4) is 6.07 Å². The molecule has 178 valence electrons. The number of nitriles is 1. The molecule has 5 rings (SSSR count). The van der Waals surface area contributed by atoms with E-state index < -0.39 is 0 Å². The average molecular weight is 440 g/mol. The van der Waals surface area contributed by atoms with Crippen molar-refractivity contribution in [2.45, 2.75) is 128 Å². The maximum absolute atomic E-state index is 13.0. The zero-order valence-electron chi connectivity index (χ0n) is 20.3. The number of amides is 1. The van der Waals surface area contributed by atoms with Gasteiger partial charge in [-0.25, -0.2) is 0 Å². The highest BCUT2D eigenvalue weighted by Gasteiger charge is 2.53. The van der Waals surface area contributed by atoms with Crippen LogP contribution in [0.5, 0.6) is 0 Å². The molecule has 0 radical (unpaired) electrons. The summed E-state index contributed by atoms with van der Waals surface area (Å²) >= 11 is 0. The van der Waals surface area contributed by atoms with Crippen LogP contribution in [0.1, 0.15) is 116 Å². The van der Waals surface area contributed by atoms with E-state index in [0.717, 1.165) is 30.6 Å². The minimum atomic E-state index is -0.184. The van der Waals surface area contributed by atoms with Gasteiger partial charge >= 0.3 is 0 Å². The molecular weight excluding hydrogens is 394 g/mol. The monoisotopic (exact) mass is 439 g/mol. The van der Waals surface area contributed by atoms with Gasteiger partial charge in [0.05, 0.1) is 0 Å². The summed E-state index contributed by atoms with van der Waals surface area (Å²) in [5.41, 5.74) is 0.513. The number of rotatable bonds is 5. The fraction of sp³-hybridized carbons (Fsp3) is 0.857. The molecular formula is C28H45N3O. The second-order valence-electron chi connectivity index (χ2n) is 11.8. The topological polar surface area (TPSA) is 64.9 Å². The minimum absolute atomic E-state index is 0.154. The zero-order chi connectivity index (χ0) is 22.4. The first-order valence-electron chi connectivity index (χ1n) is 13.7. The van der Waals surface area contributed by atoms with E-state index in [9.17, 15) is 10.1 Å². The van der Waals surface area contributed by atoms with Gasteiger partial charge in [-0.3, -0.25) is 4.79 Å². The second kappa shape index (κ2) is 11.1. The van der Waals surface area contributed by atoms with Gasteiger partial charge in [-0.05, 0) is 81.5 Å². The first kappa shape index (κ1) is 23.7. The van der Waals surface area contributed by atoms with E-state index in [-0.39, 0.29) is 22.9 Å². The maximum Gasteiger partial charge on any atom is 0.263 e. The van der Waals surface area contributed by atoms with Gasteiger partial charge in [0.1, 0.15) is 11.6 Å². The molecule has 0 saturated heterocycles. The normalized spacial score (nSPS) is 35.2. The minimum Gasteiger partial charge on any atom is -0.387 e. The van der Waals surface area contributed by atoms with E-state index in [1.807, 2.05) is 0 Å². The van der Waals surface area contributed by atoms with E-state index in [1.54, 1.807) is 6.20 Å². The van der Waals surface area contributed by atoms with Gasteiger partial charge in [-0.1, -0.05) is 57.8 Å². The lowest BCUT2D eigenvalue weighted by Gasteiger charge is -2.59. The number of hydrogen-bond donors (Lipinski definition) is 2. The van der Waals surface area contributed by atoms with Crippen molar-refractivity contribution in [3.63, 3.8) is 0 Å². The van der Waals surface area contributed by atoms with E-state index in [2.05, 4.69) is 23.6 Å². The number of nitrogens with zero attached hydrogens (tertiary/aromatic N) is 1. The summed E-state index contributed by atoms with van der Waals surface area (Å²) < 4.78 is 0. The van der Waals surface area contributed by atoms with Crippen molar-refractivity contribution in [1.82, 2.24) is 10.6 Å². The Morgan fingerprint density at radius 1 is 0.875 bits per heavy atom. The molecule has 1 amide bonds. The molecule has 1 atom stereocenters. The summed E-state index contributed by atoms with van der Waals surface area (Å²) in [7, 11) is 0. The molecule has 0 heterocycles. The molecule has 5 fully saturated rings. The molecule has 4 nitrogen and oxygen atoms in total. The molecule has 1 unspecified atom stereocenters. The third-order valence-electron chi connectivity index (χ3n) is 9.29. The predicted octanol–water partition coefficient (Wildman–Crippen LogP) is 6.38. The fourth-order valence-corrected chi connectivity index (χ4v) is 7.82. The Morgan fingerprint density at radius 3 is 1.81 bits per heavy atom. The van der Waals surface area contributed by atoms with Gasteiger partial charge in [0.25, 0.3) is 5.91 Å². The van der Waals surface area contributed by atoms with Crippen LogP contribution in [0.3, 0.4) is 0 Å². The standard InChI is InChI=1S/C28H45N3O/c1-21(28-16-22-13-23(17-28)15-24(14-22)18-28)31-27(32)25(19-29)20-30-26-11-9-7-5-3-2-4-6-8-10-12-26/h20-24,26,30H,2-18H2,1H3,(H,31,32)/b25-20-. The Balaban J connectivity index is 1.31. The molecule has 0 aliphatic heterocycles. The van der Waals surface area contributed by atoms with Crippen LogP contribution in [0, 0.1) is 34.5 Å². The van der Waals surface area contributed by atoms with E-state index >= 15 is 0 Å². The van der Waals surface area contributed by atoms with Crippen LogP contribution in [0.4, 0.5) is 0 Å². The van der Waals surface area contributed by atoms with Gasteiger partial charge < -0.3 is 10.6 Å². The summed E-state index contributed by atoms with van der Waals surface area (Å²) in [4.78, 5) is 13.0. The molecule has 0 aromatic heterocycles. The Morgan fingerprint density at radius 2 is 1.34 bits per heavy atom. The molecule has 4 heteroatoms. The Kier molecular flexibility index (Phi) is 8.19. The predicted molar refractivity (Wildman–Crippen MR) is 130 cm³/mol. The molecule has 0 spiro atoms. The fourth-order valence-electron chi connectivity index (χ4n) is 7.82. The van der Waals surface area contributed by atoms with Crippen molar-refractivity contribution in [1.29, 1.82) is 5.26 Å². The van der Waals surface area contributed by atoms with E-state index in [4.69, 9.17) is 0 Å². The van der Waals surface area contributed by atoms with Crippen molar-refractivity contribution in [2.75, 3.05) is 0 Å². The third kappa shape index (κ3) is 5.89. The van der Waals surface area contributed by atoms with Gasteiger partial charge in [0.2, 0.25) is 0 Å². The molecule has 5 aliphatic carbocycles. The maximum atomic E-state index is 13.0. The molecule has 0 aromatic carbocycles. The van der Waals surface area contributed by atoms with Crippen molar-refractivity contribution < 1.29 is 4.79 Å². The average Bonchev–Trinajstić information content (AvgIpc) is 2.74. The van der Waals surface area contributed by atoms with Gasteiger partial charge in [0.15, 0.2) is 0 Å². The molecule has 32 heavy (non-hydrogen) atoms. The summed E-state index contributed by atoms with van der Waals surface area (Å²) in [6.07, 6.45) is 24.0. The largest absolute Gasteiger partial charge is 0.387 e. The van der Waals surface area contributed by atoms with Crippen LogP contribution < -0.4 is 10.6 Å². The Labute approximate surface area is 196 Å². The second-order valence-corrected chi connectivity index (χ2v) is 11.8. The first-order valence-corrected chi connectivity index (χ1v) is 13.7. The summed E-state index contributed by atoms with van der Waals surface area (Å²) in [6.45, 7) is 2.19. The third-order valence-corrected chi connectivity index (χ3v) is 9.29. The SMILES string of the molecule is CC(NC(=O)/C(C#N)=C\NC1CCCCCCCCCCC1)C12CC3CC(CC(C3)C1)C2. The molecule has 0 aromatic rings. The number of nitrogens with one attached hydrogen (secondary N) is 2. The molecule has 5 saturated carbocycles. The van der Waals surface area contributed by atoms with Crippen LogP contribution in [-0.2, 0) is 4.79 Å². The molecule has 2 N–H and O–H groups in total. The smallest absolute Gasteiger partial charge is 0.263 e. The van der Waals surface area contributed by atoms with Crippen LogP contribution in [0.15, 0.2) is 11.8 Å². The quantitative estimate of drug-likeness (QED) is 0.386. The lowest BCUT2D eigenvalue weighted by atomic mass is 9.48. The lowest BCUT2D eigenvalue weighted by molar-refractivity contribution is -0.122. The lowest BCUT2D eigenvalue weighted by Crippen LogP contribution is -2.56. The van der Waals surface area contributed by atoms with Crippen molar-refractivity contribution in [3.05, 3.63) is 11.8 Å². The van der Waals surface area contributed by atoms with Gasteiger partial charge in [-0.15, -0.1) is 0 Å². The Hall–Kier alpha value is -1.50. The number of carbonyl (C=O) groups is 1. The van der Waals surface area contributed by atoms with Crippen molar-refractivity contribution >= 4 is 5.91 Å². The van der Waals surface area contributed by atoms with Crippen LogP contribution in [0.2, 0.25) is 0 Å². The highest BCUT2D eigenvalue weighted by Crippen LogP contribution is 2.61.